The molecule has 1 aromatic heterocycles. The number of halogens is 2. The number of aryl methyl sites for hydroxylation is 1. The Bertz CT molecular complexity index is 364. The van der Waals surface area contributed by atoms with Gasteiger partial charge in [0.2, 0.25) is 0 Å². The van der Waals surface area contributed by atoms with Crippen molar-refractivity contribution in [3.8, 4) is 0 Å². The molecule has 0 aliphatic carbocycles. The van der Waals surface area contributed by atoms with Crippen LogP contribution in [0.1, 0.15) is 6.92 Å². The van der Waals surface area contributed by atoms with Gasteiger partial charge in [0.15, 0.2) is 0 Å². The highest BCUT2D eigenvalue weighted by molar-refractivity contribution is 6.36. The molecule has 0 unspecified atom stereocenters. The third-order valence-electron chi connectivity index (χ3n) is 1.70. The van der Waals surface area contributed by atoms with Crippen LogP contribution in [0.5, 0.6) is 0 Å². The molecule has 0 atom stereocenters. The molecule has 0 bridgehead atoms. The Morgan fingerprint density at radius 2 is 2.15 bits per heavy atom. The Morgan fingerprint density at radius 3 is 2.62 bits per heavy atom. The first kappa shape index (κ1) is 10.4. The van der Waals surface area contributed by atoms with E-state index in [9.17, 15) is 4.79 Å². The fraction of sp³-hybridized carbons (Fsp3) is 0.375. The van der Waals surface area contributed by atoms with Gasteiger partial charge in [0.05, 0.1) is 6.54 Å². The fourth-order valence-electron chi connectivity index (χ4n) is 1.01. The van der Waals surface area contributed by atoms with Crippen LogP contribution in [0.25, 0.3) is 0 Å². The molecule has 13 heavy (non-hydrogen) atoms. The second-order valence-electron chi connectivity index (χ2n) is 2.55. The summed E-state index contributed by atoms with van der Waals surface area (Å²) in [7, 11) is 0. The van der Waals surface area contributed by atoms with Crippen LogP contribution >= 0.6 is 23.2 Å². The molecule has 0 aliphatic heterocycles. The molecule has 0 N–H and O–H groups in total. The number of hydrogen-bond acceptors (Lipinski definition) is 1. The van der Waals surface area contributed by atoms with Crippen LogP contribution in [0, 0.1) is 0 Å². The third-order valence-corrected chi connectivity index (χ3v) is 2.30. The van der Waals surface area contributed by atoms with E-state index in [1.807, 2.05) is 6.92 Å². The van der Waals surface area contributed by atoms with Crippen molar-refractivity contribution in [1.29, 1.82) is 0 Å². The maximum Gasteiger partial charge on any atom is 0.328 e. The highest BCUT2D eigenvalue weighted by Crippen LogP contribution is 2.05. The van der Waals surface area contributed by atoms with Gasteiger partial charge in [-0.2, -0.15) is 0 Å². The maximum absolute atomic E-state index is 11.4. The quantitative estimate of drug-likeness (QED) is 0.766. The molecular formula is C8H10Cl2N2O. The summed E-state index contributed by atoms with van der Waals surface area (Å²) >= 11 is 11.1. The van der Waals surface area contributed by atoms with Gasteiger partial charge in [-0.1, -0.05) is 23.2 Å². The topological polar surface area (TPSA) is 26.9 Å². The lowest BCUT2D eigenvalue weighted by Gasteiger charge is -1.98. The first-order valence-corrected chi connectivity index (χ1v) is 4.70. The number of allylic oxidation sites excluding steroid dienone is 1. The molecular weight excluding hydrogens is 211 g/mol. The SMILES string of the molecule is CCn1ccn(C/C(Cl)=C/Cl)c1=O. The maximum atomic E-state index is 11.4. The van der Waals surface area contributed by atoms with Gasteiger partial charge in [-0.05, 0) is 6.92 Å². The standard InChI is InChI=1S/C8H10Cl2N2O/c1-2-11-3-4-12(8(11)13)6-7(10)5-9/h3-5H,2,6H2,1H3/b7-5-. The van der Waals surface area contributed by atoms with Crippen LogP contribution in [0.3, 0.4) is 0 Å². The van der Waals surface area contributed by atoms with Crippen LogP contribution in [0.2, 0.25) is 0 Å². The Morgan fingerprint density at radius 1 is 1.54 bits per heavy atom. The van der Waals surface area contributed by atoms with Crippen LogP contribution in [-0.4, -0.2) is 9.13 Å². The Hall–Kier alpha value is -0.670. The minimum absolute atomic E-state index is 0.0702. The van der Waals surface area contributed by atoms with Crippen LogP contribution in [-0.2, 0) is 13.1 Å². The van der Waals surface area contributed by atoms with E-state index in [4.69, 9.17) is 23.2 Å². The highest BCUT2D eigenvalue weighted by atomic mass is 35.5. The smallest absolute Gasteiger partial charge is 0.300 e. The van der Waals surface area contributed by atoms with Crippen LogP contribution in [0.15, 0.2) is 27.8 Å². The molecule has 0 aromatic carbocycles. The summed E-state index contributed by atoms with van der Waals surface area (Å²) in [5.41, 5.74) is 1.19. The van der Waals surface area contributed by atoms with E-state index in [-0.39, 0.29) is 5.69 Å². The summed E-state index contributed by atoms with van der Waals surface area (Å²) in [5.74, 6) is 0. The van der Waals surface area contributed by atoms with Crippen molar-refractivity contribution in [2.75, 3.05) is 0 Å². The normalized spacial score (nSPS) is 12.1. The molecule has 0 fully saturated rings. The second kappa shape index (κ2) is 4.53. The molecule has 0 radical (unpaired) electrons. The number of imidazole rings is 1. The largest absolute Gasteiger partial charge is 0.328 e. The van der Waals surface area contributed by atoms with Crippen molar-refractivity contribution in [2.24, 2.45) is 0 Å². The van der Waals surface area contributed by atoms with Crippen molar-refractivity contribution >= 4 is 23.2 Å². The zero-order valence-corrected chi connectivity index (χ0v) is 8.72. The summed E-state index contributed by atoms with van der Waals surface area (Å²) < 4.78 is 3.10. The lowest BCUT2D eigenvalue weighted by atomic mass is 10.6. The second-order valence-corrected chi connectivity index (χ2v) is 3.25. The van der Waals surface area contributed by atoms with E-state index in [1.54, 1.807) is 17.0 Å². The molecule has 0 spiro atoms. The molecule has 1 heterocycles. The summed E-state index contributed by atoms with van der Waals surface area (Å²) in [6, 6.07) is 0. The van der Waals surface area contributed by atoms with Gasteiger partial charge < -0.3 is 0 Å². The number of hydrogen-bond donors (Lipinski definition) is 0. The van der Waals surface area contributed by atoms with E-state index < -0.39 is 0 Å². The van der Waals surface area contributed by atoms with E-state index >= 15 is 0 Å². The number of aromatic nitrogens is 2. The highest BCUT2D eigenvalue weighted by Gasteiger charge is 2.01. The minimum atomic E-state index is -0.0702. The average Bonchev–Trinajstić information content (AvgIpc) is 2.48. The van der Waals surface area contributed by atoms with E-state index in [2.05, 4.69) is 0 Å². The van der Waals surface area contributed by atoms with Gasteiger partial charge >= 0.3 is 5.69 Å². The zero-order valence-electron chi connectivity index (χ0n) is 7.20. The summed E-state index contributed by atoms with van der Waals surface area (Å²) in [6.45, 7) is 2.90. The molecule has 0 amide bonds. The van der Waals surface area contributed by atoms with Crippen molar-refractivity contribution in [3.63, 3.8) is 0 Å². The predicted octanol–water partition coefficient (Wildman–Crippen LogP) is 1.99. The molecule has 1 aromatic rings. The Kier molecular flexibility index (Phi) is 3.63. The van der Waals surface area contributed by atoms with Crippen molar-refractivity contribution < 1.29 is 0 Å². The van der Waals surface area contributed by atoms with Gasteiger partial charge in [-0.15, -0.1) is 0 Å². The number of rotatable bonds is 3. The van der Waals surface area contributed by atoms with Crippen molar-refractivity contribution in [2.45, 2.75) is 20.0 Å². The summed E-state index contributed by atoms with van der Waals surface area (Å²) in [6.07, 6.45) is 3.41. The molecule has 0 saturated carbocycles. The first-order chi connectivity index (χ1) is 6.19. The monoisotopic (exact) mass is 220 g/mol. The lowest BCUT2D eigenvalue weighted by Crippen LogP contribution is -2.23. The Balaban J connectivity index is 2.91. The van der Waals surface area contributed by atoms with E-state index in [0.29, 0.717) is 18.1 Å². The predicted molar refractivity (Wildman–Crippen MR) is 54.2 cm³/mol. The zero-order chi connectivity index (χ0) is 9.84. The van der Waals surface area contributed by atoms with Gasteiger partial charge in [0.25, 0.3) is 0 Å². The van der Waals surface area contributed by atoms with E-state index in [0.717, 1.165) is 0 Å². The van der Waals surface area contributed by atoms with Gasteiger partial charge in [0.1, 0.15) is 0 Å². The number of nitrogens with zero attached hydrogens (tertiary/aromatic N) is 2. The van der Waals surface area contributed by atoms with Crippen LogP contribution < -0.4 is 5.69 Å². The van der Waals surface area contributed by atoms with Crippen LogP contribution in [0.4, 0.5) is 0 Å². The van der Waals surface area contributed by atoms with Gasteiger partial charge in [-0.3, -0.25) is 9.13 Å². The molecule has 0 saturated heterocycles. The van der Waals surface area contributed by atoms with Gasteiger partial charge in [0, 0.05) is 29.5 Å². The third kappa shape index (κ3) is 2.39. The summed E-state index contributed by atoms with van der Waals surface area (Å²) in [4.78, 5) is 11.4. The van der Waals surface area contributed by atoms with Crippen molar-refractivity contribution in [1.82, 2.24) is 9.13 Å². The molecule has 5 heteroatoms. The molecule has 3 nitrogen and oxygen atoms in total. The summed E-state index contributed by atoms with van der Waals surface area (Å²) in [5, 5.41) is 0.442. The molecule has 0 aliphatic rings. The molecule has 72 valence electrons. The lowest BCUT2D eigenvalue weighted by molar-refractivity contribution is 0.672. The first-order valence-electron chi connectivity index (χ1n) is 3.89. The molecule has 1 rings (SSSR count). The average molecular weight is 221 g/mol. The fourth-order valence-corrected chi connectivity index (χ4v) is 1.21. The van der Waals surface area contributed by atoms with Gasteiger partial charge in [-0.25, -0.2) is 4.79 Å². The minimum Gasteiger partial charge on any atom is -0.300 e. The Labute approximate surface area is 86.2 Å². The van der Waals surface area contributed by atoms with Crippen molar-refractivity contribution in [3.05, 3.63) is 33.4 Å². The van der Waals surface area contributed by atoms with E-state index in [1.165, 1.54) is 10.1 Å².